The summed E-state index contributed by atoms with van der Waals surface area (Å²) in [5, 5.41) is 0. The highest BCUT2D eigenvalue weighted by Gasteiger charge is 2.03. The average molecular weight is 247 g/mol. The fourth-order valence-electron chi connectivity index (χ4n) is 1.69. The maximum Gasteiger partial charge on any atom is 0.128 e. The third-order valence-electron chi connectivity index (χ3n) is 2.58. The lowest BCUT2D eigenvalue weighted by Gasteiger charge is -2.18. The van der Waals surface area contributed by atoms with Gasteiger partial charge in [-0.2, -0.15) is 0 Å². The Labute approximate surface area is 107 Å². The zero-order chi connectivity index (χ0) is 12.1. The number of benzene rings is 1. The third-order valence-corrected chi connectivity index (χ3v) is 2.86. The van der Waals surface area contributed by atoms with Gasteiger partial charge in [0.1, 0.15) is 5.82 Å². The van der Waals surface area contributed by atoms with E-state index in [0.29, 0.717) is 5.88 Å². The fraction of sp³-hybridized carbons (Fsp3) is 0.214. The van der Waals surface area contributed by atoms with E-state index in [9.17, 15) is 0 Å². The summed E-state index contributed by atoms with van der Waals surface area (Å²) in [5.41, 5.74) is 2.18. The molecule has 2 rings (SSSR count). The molecule has 1 aromatic heterocycles. The number of aromatic nitrogens is 1. The minimum atomic E-state index is 0.451. The summed E-state index contributed by atoms with van der Waals surface area (Å²) in [4.78, 5) is 6.60. The zero-order valence-electron chi connectivity index (χ0n) is 9.81. The molecule has 1 aromatic carbocycles. The van der Waals surface area contributed by atoms with Crippen LogP contribution < -0.4 is 4.90 Å². The molecule has 0 bridgehead atoms. The molecule has 0 aliphatic heterocycles. The lowest BCUT2D eigenvalue weighted by Crippen LogP contribution is -2.17. The summed E-state index contributed by atoms with van der Waals surface area (Å²) < 4.78 is 0. The highest BCUT2D eigenvalue weighted by molar-refractivity contribution is 6.16. The quantitative estimate of drug-likeness (QED) is 0.768. The van der Waals surface area contributed by atoms with Crippen LogP contribution >= 0.6 is 11.6 Å². The third kappa shape index (κ3) is 3.21. The number of rotatable bonds is 4. The van der Waals surface area contributed by atoms with Crippen molar-refractivity contribution in [3.8, 4) is 0 Å². The summed E-state index contributed by atoms with van der Waals surface area (Å²) in [6, 6.07) is 16.3. The van der Waals surface area contributed by atoms with Gasteiger partial charge >= 0.3 is 0 Å². The van der Waals surface area contributed by atoms with Gasteiger partial charge in [-0.15, -0.1) is 11.6 Å². The lowest BCUT2D eigenvalue weighted by molar-refractivity contribution is 0.891. The first kappa shape index (κ1) is 11.9. The van der Waals surface area contributed by atoms with Crippen LogP contribution in [-0.2, 0) is 12.4 Å². The van der Waals surface area contributed by atoms with Crippen LogP contribution in [-0.4, -0.2) is 12.0 Å². The van der Waals surface area contributed by atoms with Crippen LogP contribution in [0.2, 0.25) is 0 Å². The van der Waals surface area contributed by atoms with E-state index < -0.39 is 0 Å². The second kappa shape index (κ2) is 5.69. The number of halogens is 1. The molecule has 1 heterocycles. The van der Waals surface area contributed by atoms with E-state index in [0.717, 1.165) is 18.1 Å². The van der Waals surface area contributed by atoms with E-state index in [1.165, 1.54) is 5.56 Å². The number of alkyl halides is 1. The van der Waals surface area contributed by atoms with Gasteiger partial charge in [-0.05, 0) is 17.7 Å². The number of hydrogen-bond donors (Lipinski definition) is 0. The highest BCUT2D eigenvalue weighted by atomic mass is 35.5. The van der Waals surface area contributed by atoms with E-state index in [4.69, 9.17) is 11.6 Å². The van der Waals surface area contributed by atoms with E-state index in [-0.39, 0.29) is 0 Å². The molecule has 0 aliphatic rings. The van der Waals surface area contributed by atoms with Crippen LogP contribution in [0.4, 0.5) is 5.82 Å². The molecule has 0 amide bonds. The van der Waals surface area contributed by atoms with E-state index in [2.05, 4.69) is 22.0 Å². The Kier molecular flexibility index (Phi) is 3.99. The molecular formula is C14H15ClN2. The fourth-order valence-corrected chi connectivity index (χ4v) is 1.84. The van der Waals surface area contributed by atoms with Crippen molar-refractivity contribution in [1.29, 1.82) is 0 Å². The zero-order valence-corrected chi connectivity index (χ0v) is 10.6. The first-order chi connectivity index (χ1) is 8.29. The molecular weight excluding hydrogens is 232 g/mol. The van der Waals surface area contributed by atoms with Crippen LogP contribution in [0.25, 0.3) is 0 Å². The van der Waals surface area contributed by atoms with E-state index in [1.807, 2.05) is 43.4 Å². The summed E-state index contributed by atoms with van der Waals surface area (Å²) in [7, 11) is 2.04. The van der Waals surface area contributed by atoms with Crippen LogP contribution in [0, 0.1) is 0 Å². The maximum absolute atomic E-state index is 5.78. The molecule has 2 aromatic rings. The second-order valence-corrected chi connectivity index (χ2v) is 4.23. The average Bonchev–Trinajstić information content (AvgIpc) is 2.40. The molecule has 0 spiro atoms. The van der Waals surface area contributed by atoms with Gasteiger partial charge in [-0.25, -0.2) is 4.98 Å². The van der Waals surface area contributed by atoms with Crippen LogP contribution in [0.1, 0.15) is 11.3 Å². The minimum absolute atomic E-state index is 0.451. The van der Waals surface area contributed by atoms with Gasteiger partial charge in [0.25, 0.3) is 0 Å². The number of nitrogens with zero attached hydrogens (tertiary/aromatic N) is 2. The van der Waals surface area contributed by atoms with Crippen molar-refractivity contribution in [2.24, 2.45) is 0 Å². The number of anilines is 1. The van der Waals surface area contributed by atoms with Crippen LogP contribution in [0.3, 0.4) is 0 Å². The smallest absolute Gasteiger partial charge is 0.128 e. The molecule has 0 aliphatic carbocycles. The SMILES string of the molecule is CN(Cc1ccccc1)c1cccc(CCl)n1. The Bertz CT molecular complexity index is 471. The van der Waals surface area contributed by atoms with E-state index >= 15 is 0 Å². The van der Waals surface area contributed by atoms with Crippen LogP contribution in [0.5, 0.6) is 0 Å². The predicted octanol–water partition coefficient (Wildman–Crippen LogP) is 3.46. The molecule has 0 saturated carbocycles. The standard InChI is InChI=1S/C14H15ClN2/c1-17(11-12-6-3-2-4-7-12)14-9-5-8-13(10-15)16-14/h2-9H,10-11H2,1H3. The van der Waals surface area contributed by atoms with Crippen LogP contribution in [0.15, 0.2) is 48.5 Å². The molecule has 17 heavy (non-hydrogen) atoms. The van der Waals surface area contributed by atoms with Crippen molar-refractivity contribution in [1.82, 2.24) is 4.98 Å². The summed E-state index contributed by atoms with van der Waals surface area (Å²) in [6.45, 7) is 0.847. The molecule has 0 radical (unpaired) electrons. The number of hydrogen-bond acceptors (Lipinski definition) is 2. The molecule has 88 valence electrons. The van der Waals surface area contributed by atoms with Crippen molar-refractivity contribution in [3.05, 3.63) is 59.8 Å². The summed E-state index contributed by atoms with van der Waals surface area (Å²) >= 11 is 5.78. The monoisotopic (exact) mass is 246 g/mol. The first-order valence-corrected chi connectivity index (χ1v) is 6.10. The lowest BCUT2D eigenvalue weighted by atomic mass is 10.2. The van der Waals surface area contributed by atoms with E-state index in [1.54, 1.807) is 0 Å². The maximum atomic E-state index is 5.78. The van der Waals surface area contributed by atoms with Gasteiger partial charge in [0.2, 0.25) is 0 Å². The Balaban J connectivity index is 2.11. The van der Waals surface area contributed by atoms with Crippen molar-refractivity contribution < 1.29 is 0 Å². The van der Waals surface area contributed by atoms with Gasteiger partial charge in [-0.3, -0.25) is 0 Å². The topological polar surface area (TPSA) is 16.1 Å². The summed E-state index contributed by atoms with van der Waals surface area (Å²) in [5.74, 6) is 1.40. The summed E-state index contributed by atoms with van der Waals surface area (Å²) in [6.07, 6.45) is 0. The van der Waals surface area contributed by atoms with Gasteiger partial charge < -0.3 is 4.90 Å². The number of pyridine rings is 1. The van der Waals surface area contributed by atoms with Crippen molar-refractivity contribution >= 4 is 17.4 Å². The molecule has 0 atom stereocenters. The molecule has 0 saturated heterocycles. The molecule has 0 N–H and O–H groups in total. The van der Waals surface area contributed by atoms with Crippen molar-refractivity contribution in [2.45, 2.75) is 12.4 Å². The van der Waals surface area contributed by atoms with Gasteiger partial charge in [0, 0.05) is 13.6 Å². The van der Waals surface area contributed by atoms with Crippen molar-refractivity contribution in [2.75, 3.05) is 11.9 Å². The first-order valence-electron chi connectivity index (χ1n) is 5.56. The van der Waals surface area contributed by atoms with Gasteiger partial charge in [-0.1, -0.05) is 36.4 Å². The Hall–Kier alpha value is -1.54. The molecule has 0 fully saturated rings. The Morgan fingerprint density at radius 1 is 1.06 bits per heavy atom. The second-order valence-electron chi connectivity index (χ2n) is 3.96. The Morgan fingerprint density at radius 2 is 1.82 bits per heavy atom. The normalized spacial score (nSPS) is 10.2. The van der Waals surface area contributed by atoms with Gasteiger partial charge in [0.15, 0.2) is 0 Å². The highest BCUT2D eigenvalue weighted by Crippen LogP contribution is 2.14. The van der Waals surface area contributed by atoms with Gasteiger partial charge in [0.05, 0.1) is 11.6 Å². The molecule has 3 heteroatoms. The minimum Gasteiger partial charge on any atom is -0.355 e. The molecule has 0 unspecified atom stereocenters. The Morgan fingerprint density at radius 3 is 2.53 bits per heavy atom. The van der Waals surface area contributed by atoms with Crippen molar-refractivity contribution in [3.63, 3.8) is 0 Å². The predicted molar refractivity (Wildman–Crippen MR) is 72.3 cm³/mol. The molecule has 2 nitrogen and oxygen atoms in total. The largest absolute Gasteiger partial charge is 0.355 e.